The highest BCUT2D eigenvalue weighted by molar-refractivity contribution is 6.14. The van der Waals surface area contributed by atoms with Gasteiger partial charge >= 0.3 is 0 Å². The summed E-state index contributed by atoms with van der Waals surface area (Å²) < 4.78 is 0. The van der Waals surface area contributed by atoms with E-state index in [2.05, 4.69) is 18.5 Å². The molecule has 0 saturated heterocycles. The Morgan fingerprint density at radius 3 is 2.31 bits per heavy atom. The summed E-state index contributed by atoms with van der Waals surface area (Å²) in [6.45, 7) is 7.42. The molecule has 1 saturated carbocycles. The van der Waals surface area contributed by atoms with E-state index in [-0.39, 0.29) is 31.1 Å². The second kappa shape index (κ2) is 12.0. The number of likely N-dealkylation sites (N-methyl/N-ethyl adjacent to an activating group) is 1. The molecular weight excluding hydrogens is 440 g/mol. The van der Waals surface area contributed by atoms with E-state index in [9.17, 15) is 14.4 Å². The van der Waals surface area contributed by atoms with Crippen LogP contribution in [0.25, 0.3) is 0 Å². The molecule has 1 heterocycles. The van der Waals surface area contributed by atoms with Gasteiger partial charge in [0.2, 0.25) is 18.0 Å². The number of allylic oxidation sites excluding steroid dienone is 2. The van der Waals surface area contributed by atoms with Gasteiger partial charge in [-0.1, -0.05) is 62.5 Å². The Balaban J connectivity index is 1.95. The van der Waals surface area contributed by atoms with Crippen LogP contribution in [0.3, 0.4) is 0 Å². The minimum Gasteiger partial charge on any atom is -0.369 e. The van der Waals surface area contributed by atoms with E-state index in [0.29, 0.717) is 0 Å². The molecule has 1 unspecified atom stereocenters. The smallest absolute Gasteiger partial charge is 0.272 e. The fourth-order valence-corrected chi connectivity index (χ4v) is 5.28. The number of para-hydroxylation sites is 1. The predicted octanol–water partition coefficient (Wildman–Crippen LogP) is 4.27. The van der Waals surface area contributed by atoms with Gasteiger partial charge in [-0.05, 0) is 31.7 Å². The third-order valence-corrected chi connectivity index (χ3v) is 7.26. The lowest BCUT2D eigenvalue weighted by Gasteiger charge is -2.28. The van der Waals surface area contributed by atoms with Crippen LogP contribution in [0.4, 0.5) is 5.69 Å². The Morgan fingerprint density at radius 1 is 1.11 bits per heavy atom. The molecule has 3 N–H and O–H groups in total. The molecule has 3 rings (SSSR count). The molecule has 1 atom stereocenters. The van der Waals surface area contributed by atoms with Crippen LogP contribution in [-0.2, 0) is 14.4 Å². The molecule has 1 aromatic rings. The van der Waals surface area contributed by atoms with Crippen LogP contribution < -0.4 is 16.0 Å². The Kier molecular flexibility index (Phi) is 9.01. The van der Waals surface area contributed by atoms with E-state index in [1.54, 1.807) is 24.1 Å². The zero-order valence-electron chi connectivity index (χ0n) is 20.8. The first-order valence-corrected chi connectivity index (χ1v) is 12.6. The third-order valence-electron chi connectivity index (χ3n) is 7.26. The topological polar surface area (TPSA) is 105 Å². The molecule has 0 bridgehead atoms. The van der Waals surface area contributed by atoms with E-state index in [0.717, 1.165) is 42.6 Å². The molecule has 2 aliphatic rings. The summed E-state index contributed by atoms with van der Waals surface area (Å²) in [5.41, 5.74) is 7.16. The molecule has 7 heteroatoms. The summed E-state index contributed by atoms with van der Waals surface area (Å²) in [7, 11) is 1.71. The summed E-state index contributed by atoms with van der Waals surface area (Å²) >= 11 is 0. The molecule has 188 valence electrons. The maximum absolute atomic E-state index is 13.4. The average Bonchev–Trinajstić information content (AvgIpc) is 2.90. The van der Waals surface area contributed by atoms with Gasteiger partial charge in [-0.2, -0.15) is 0 Å². The number of hydrogen-bond donors (Lipinski definition) is 2. The van der Waals surface area contributed by atoms with Crippen molar-refractivity contribution in [1.29, 1.82) is 0 Å². The van der Waals surface area contributed by atoms with E-state index < -0.39 is 23.4 Å². The van der Waals surface area contributed by atoms with Crippen molar-refractivity contribution in [2.75, 3.05) is 11.9 Å². The Morgan fingerprint density at radius 2 is 1.71 bits per heavy atom. The van der Waals surface area contributed by atoms with E-state index in [1.165, 1.54) is 19.3 Å². The minimum absolute atomic E-state index is 0.172. The van der Waals surface area contributed by atoms with Gasteiger partial charge in [-0.25, -0.2) is 0 Å². The number of carbonyl (C=O) groups is 3. The van der Waals surface area contributed by atoms with Crippen LogP contribution in [0, 0.1) is 11.3 Å². The molecule has 0 radical (unpaired) electrons. The van der Waals surface area contributed by atoms with Crippen molar-refractivity contribution >= 4 is 29.1 Å². The first-order chi connectivity index (χ1) is 16.8. The largest absolute Gasteiger partial charge is 0.369 e. The zero-order chi connectivity index (χ0) is 25.4. The third kappa shape index (κ3) is 6.08. The standard InChI is InChI=1S/C28H38N4O3/c1-4-17-28(18-5-2,27(29)35)19-23(33)30-25-26(34)32(3)22-16-12-11-15-21(22)24(31-25)20-13-9-7-6-8-10-14-20/h4-5,11-12,15-16,20,25H,1-2,6-10,13-14,17-19H2,3H3,(H2,29,35)(H,30,33). The summed E-state index contributed by atoms with van der Waals surface area (Å²) in [6.07, 6.45) is 10.3. The Hall–Kier alpha value is -3.22. The van der Waals surface area contributed by atoms with Crippen LogP contribution in [0.5, 0.6) is 0 Å². The fourth-order valence-electron chi connectivity index (χ4n) is 5.28. The number of primary amides is 1. The number of nitrogens with two attached hydrogens (primary N) is 1. The van der Waals surface area contributed by atoms with Gasteiger partial charge in [0.05, 0.1) is 16.8 Å². The first kappa shape index (κ1) is 26.4. The molecule has 3 amide bonds. The number of carbonyl (C=O) groups excluding carboxylic acids is 3. The molecule has 7 nitrogen and oxygen atoms in total. The van der Waals surface area contributed by atoms with Gasteiger partial charge < -0.3 is 16.0 Å². The summed E-state index contributed by atoms with van der Waals surface area (Å²) in [6, 6.07) is 7.79. The molecular formula is C28H38N4O3. The molecule has 1 aliphatic carbocycles. The number of aliphatic imine (C=N–C) groups is 1. The van der Waals surface area contributed by atoms with Crippen LogP contribution in [0.1, 0.15) is 69.8 Å². The minimum atomic E-state index is -1.14. The summed E-state index contributed by atoms with van der Waals surface area (Å²) in [5.74, 6) is -1.14. The van der Waals surface area contributed by atoms with Crippen LogP contribution >= 0.6 is 0 Å². The molecule has 1 aromatic carbocycles. The second-order valence-electron chi connectivity index (χ2n) is 9.75. The maximum Gasteiger partial charge on any atom is 0.272 e. The number of fused-ring (bicyclic) bond motifs is 1. The number of hydrogen-bond acceptors (Lipinski definition) is 4. The van der Waals surface area contributed by atoms with Crippen LogP contribution in [-0.4, -0.2) is 36.6 Å². The van der Waals surface area contributed by atoms with Crippen molar-refractivity contribution in [1.82, 2.24) is 5.32 Å². The van der Waals surface area contributed by atoms with Crippen molar-refractivity contribution < 1.29 is 14.4 Å². The van der Waals surface area contributed by atoms with Crippen molar-refractivity contribution in [2.45, 2.75) is 70.4 Å². The van der Waals surface area contributed by atoms with Gasteiger partial charge in [-0.3, -0.25) is 19.4 Å². The van der Waals surface area contributed by atoms with Gasteiger partial charge in [0.1, 0.15) is 0 Å². The van der Waals surface area contributed by atoms with Crippen LogP contribution in [0.15, 0.2) is 54.6 Å². The highest BCUT2D eigenvalue weighted by Crippen LogP contribution is 2.34. The Bertz CT molecular complexity index is 982. The van der Waals surface area contributed by atoms with E-state index >= 15 is 0 Å². The van der Waals surface area contributed by atoms with E-state index in [1.807, 2.05) is 24.3 Å². The number of anilines is 1. The van der Waals surface area contributed by atoms with Gasteiger partial charge in [-0.15, -0.1) is 13.2 Å². The highest BCUT2D eigenvalue weighted by Gasteiger charge is 2.39. The predicted molar refractivity (Wildman–Crippen MR) is 140 cm³/mol. The number of nitrogens with one attached hydrogen (secondary N) is 1. The van der Waals surface area contributed by atoms with Crippen molar-refractivity contribution in [3.63, 3.8) is 0 Å². The fraction of sp³-hybridized carbons (Fsp3) is 0.500. The lowest BCUT2D eigenvalue weighted by atomic mass is 9.77. The lowest BCUT2D eigenvalue weighted by Crippen LogP contribution is -2.48. The second-order valence-corrected chi connectivity index (χ2v) is 9.75. The summed E-state index contributed by atoms with van der Waals surface area (Å²) in [4.78, 5) is 45.4. The average molecular weight is 479 g/mol. The Labute approximate surface area is 208 Å². The number of benzodiazepines with no additional fused rings is 1. The van der Waals surface area contributed by atoms with E-state index in [4.69, 9.17) is 10.7 Å². The molecule has 35 heavy (non-hydrogen) atoms. The highest BCUT2D eigenvalue weighted by atomic mass is 16.2. The number of amides is 3. The van der Waals surface area contributed by atoms with Gasteiger partial charge in [0.15, 0.2) is 0 Å². The monoisotopic (exact) mass is 478 g/mol. The molecule has 1 fully saturated rings. The van der Waals surface area contributed by atoms with Crippen molar-refractivity contribution in [2.24, 2.45) is 22.1 Å². The van der Waals surface area contributed by atoms with Crippen molar-refractivity contribution in [3.8, 4) is 0 Å². The van der Waals surface area contributed by atoms with Gasteiger partial charge in [0, 0.05) is 24.9 Å². The molecule has 0 aromatic heterocycles. The number of benzene rings is 1. The lowest BCUT2D eigenvalue weighted by molar-refractivity contribution is -0.135. The normalized spacial score (nSPS) is 19.5. The SMILES string of the molecule is C=CCC(CC=C)(CC(=O)NC1N=C(C2CCCCCCC2)c2ccccc2N(C)C1=O)C(N)=O. The zero-order valence-corrected chi connectivity index (χ0v) is 20.8. The molecule has 1 aliphatic heterocycles. The molecule has 0 spiro atoms. The first-order valence-electron chi connectivity index (χ1n) is 12.6. The van der Waals surface area contributed by atoms with Crippen LogP contribution in [0.2, 0.25) is 0 Å². The quantitative estimate of drug-likeness (QED) is 0.518. The maximum atomic E-state index is 13.4. The number of rotatable bonds is 9. The van der Waals surface area contributed by atoms with Gasteiger partial charge in [0.25, 0.3) is 5.91 Å². The van der Waals surface area contributed by atoms with Crippen molar-refractivity contribution in [3.05, 3.63) is 55.1 Å². The number of nitrogens with zero attached hydrogens (tertiary/aromatic N) is 2. The summed E-state index contributed by atoms with van der Waals surface area (Å²) in [5, 5.41) is 2.80.